The van der Waals surface area contributed by atoms with E-state index in [-0.39, 0.29) is 66.5 Å². The molecule has 18 heteroatoms. The van der Waals surface area contributed by atoms with E-state index in [1.54, 1.807) is 28.8 Å². The number of ether oxygens (including phenoxy) is 5. The number of halogens is 1. The number of carbonyl (C=O) groups excluding carboxylic acids is 3. The number of aryl methyl sites for hydroxylation is 1. The molecule has 1 aliphatic carbocycles. The Kier molecular flexibility index (Phi) is 21.8. The van der Waals surface area contributed by atoms with Crippen molar-refractivity contribution in [2.24, 2.45) is 0 Å². The highest BCUT2D eigenvalue weighted by Crippen LogP contribution is 2.46. The standard InChI is InChI=1S/C60H71ClN2O13S2/c1-5-43(6-2)45-19-23-50-56(38-45)76-55-15-10-9-14-49(55)59(50)51-24-22-48(39-57(51)78(69,70)71)77(67,68)36-12-28-72-30-32-74-34-35-75-33-31-73-29-26-47(64)13-8-7-11-27-62-58(65)40-52-42(4)63(54-25-16-41(3)37-53(52)54)60(66)44-17-20-46(61)21-18-44/h9,14-25,37-39,43H,5-8,10-13,26-36,40H2,1-4H3,(H,62,65)(H,69,70,71). The number of hydrogen-bond acceptors (Lipinski definition) is 12. The van der Waals surface area contributed by atoms with Gasteiger partial charge in [0.1, 0.15) is 22.2 Å². The molecule has 15 nitrogen and oxygen atoms in total. The van der Waals surface area contributed by atoms with E-state index in [2.05, 4.69) is 19.2 Å². The summed E-state index contributed by atoms with van der Waals surface area (Å²) in [6.45, 7) is 10.8. The van der Waals surface area contributed by atoms with Gasteiger partial charge in [-0.15, -0.1) is 0 Å². The SMILES string of the molecule is CCC(CC)c1ccc2c(c1)OC1=CCC=CC1=C2c1ccc(S(=O)(=O)CCCOCCOCCOCCOCCC(=O)CCCCCNC(=O)Cc2c(C)n(C(=O)c3ccc(Cl)cc3)c3ccc(C)cc23)cc1S(=O)(=O)O. The lowest BCUT2D eigenvalue weighted by Crippen LogP contribution is -2.26. The van der Waals surface area contributed by atoms with E-state index in [4.69, 9.17) is 35.3 Å². The Hall–Kier alpha value is -5.76. The maximum Gasteiger partial charge on any atom is 0.295 e. The highest BCUT2D eigenvalue weighted by molar-refractivity contribution is 7.91. The van der Waals surface area contributed by atoms with Gasteiger partial charge in [-0.25, -0.2) is 8.42 Å². The summed E-state index contributed by atoms with van der Waals surface area (Å²) in [5, 5.41) is 4.41. The van der Waals surface area contributed by atoms with E-state index in [9.17, 15) is 35.8 Å². The molecule has 0 saturated carbocycles. The van der Waals surface area contributed by atoms with Crippen molar-refractivity contribution in [3.63, 3.8) is 0 Å². The minimum Gasteiger partial charge on any atom is -0.456 e. The molecule has 0 radical (unpaired) electrons. The van der Waals surface area contributed by atoms with Crippen molar-refractivity contribution in [1.82, 2.24) is 9.88 Å². The predicted octanol–water partition coefficient (Wildman–Crippen LogP) is 10.9. The number of hydrogen-bond donors (Lipinski definition) is 2. The van der Waals surface area contributed by atoms with Crippen LogP contribution in [0.15, 0.2) is 118 Å². The normalized spacial score (nSPS) is 13.4. The van der Waals surface area contributed by atoms with Gasteiger partial charge in [0.05, 0.1) is 68.8 Å². The quantitative estimate of drug-likeness (QED) is 0.0314. The van der Waals surface area contributed by atoms with Gasteiger partial charge in [0, 0.05) is 69.9 Å². The minimum atomic E-state index is -4.87. The summed E-state index contributed by atoms with van der Waals surface area (Å²) in [6, 6.07) is 22.4. The third-order valence-corrected chi connectivity index (χ3v) is 16.9. The van der Waals surface area contributed by atoms with Gasteiger partial charge in [-0.1, -0.05) is 73.9 Å². The summed E-state index contributed by atoms with van der Waals surface area (Å²) in [6.07, 6.45) is 11.5. The molecule has 2 heterocycles. The first-order valence-electron chi connectivity index (χ1n) is 26.8. The molecule has 0 bridgehead atoms. The molecule has 2 aliphatic rings. The first kappa shape index (κ1) is 59.9. The van der Waals surface area contributed by atoms with Gasteiger partial charge in [-0.3, -0.25) is 23.5 Å². The lowest BCUT2D eigenvalue weighted by molar-refractivity contribution is -0.121. The van der Waals surface area contributed by atoms with Crippen molar-refractivity contribution in [2.75, 3.05) is 65.2 Å². The first-order valence-corrected chi connectivity index (χ1v) is 30.3. The Morgan fingerprint density at radius 2 is 1.44 bits per heavy atom. The fourth-order valence-electron chi connectivity index (χ4n) is 9.79. The van der Waals surface area contributed by atoms with Crippen molar-refractivity contribution < 1.29 is 59.5 Å². The number of allylic oxidation sites excluding steroid dienone is 3. The molecule has 2 N–H and O–H groups in total. The van der Waals surface area contributed by atoms with Crippen LogP contribution in [0, 0.1) is 13.8 Å². The smallest absolute Gasteiger partial charge is 0.295 e. The highest BCUT2D eigenvalue weighted by atomic mass is 35.5. The molecule has 0 unspecified atom stereocenters. The zero-order chi connectivity index (χ0) is 55.8. The molecule has 418 valence electrons. The number of amides is 1. The monoisotopic (exact) mass is 1130 g/mol. The van der Waals surface area contributed by atoms with Crippen LogP contribution in [0.2, 0.25) is 5.02 Å². The molecule has 0 atom stereocenters. The number of nitrogens with one attached hydrogen (secondary N) is 1. The second-order valence-electron chi connectivity index (χ2n) is 19.5. The lowest BCUT2D eigenvalue weighted by Gasteiger charge is -2.28. The third-order valence-electron chi connectivity index (χ3n) is 14.0. The summed E-state index contributed by atoms with van der Waals surface area (Å²) in [5.74, 6) is 0.944. The summed E-state index contributed by atoms with van der Waals surface area (Å²) in [4.78, 5) is 38.3. The number of aromatic nitrogens is 1. The second kappa shape index (κ2) is 28.4. The van der Waals surface area contributed by atoms with Crippen molar-refractivity contribution in [3.8, 4) is 5.75 Å². The van der Waals surface area contributed by atoms with Crippen LogP contribution < -0.4 is 10.1 Å². The molecule has 1 aromatic heterocycles. The van der Waals surface area contributed by atoms with Crippen LogP contribution in [0.1, 0.15) is 121 Å². The van der Waals surface area contributed by atoms with Crippen molar-refractivity contribution in [3.05, 3.63) is 153 Å². The molecule has 5 aromatic rings. The Bertz CT molecular complexity index is 3270. The molecule has 0 saturated heterocycles. The fourth-order valence-corrected chi connectivity index (χ4v) is 12.0. The van der Waals surface area contributed by atoms with Gasteiger partial charge in [0.25, 0.3) is 16.0 Å². The Labute approximate surface area is 463 Å². The maximum absolute atomic E-state index is 13.6. The van der Waals surface area contributed by atoms with Crippen LogP contribution in [0.5, 0.6) is 5.75 Å². The van der Waals surface area contributed by atoms with Crippen molar-refractivity contribution in [2.45, 2.75) is 108 Å². The molecule has 0 spiro atoms. The van der Waals surface area contributed by atoms with Gasteiger partial charge >= 0.3 is 0 Å². The molecular formula is C60H71ClN2O13S2. The van der Waals surface area contributed by atoms with Crippen molar-refractivity contribution in [1.29, 1.82) is 0 Å². The van der Waals surface area contributed by atoms with Crippen LogP contribution in [0.3, 0.4) is 0 Å². The van der Waals surface area contributed by atoms with Gasteiger partial charge in [0.15, 0.2) is 9.84 Å². The number of unbranched alkanes of at least 4 members (excludes halogenated alkanes) is 2. The minimum absolute atomic E-state index is 0.113. The van der Waals surface area contributed by atoms with E-state index < -0.39 is 24.9 Å². The lowest BCUT2D eigenvalue weighted by atomic mass is 9.85. The molecule has 1 amide bonds. The Morgan fingerprint density at radius 1 is 0.756 bits per heavy atom. The van der Waals surface area contributed by atoms with Crippen LogP contribution in [-0.2, 0) is 54.9 Å². The number of fused-ring (bicyclic) bond motifs is 3. The van der Waals surface area contributed by atoms with Gasteiger partial charge in [-0.2, -0.15) is 8.42 Å². The number of sulfone groups is 1. The van der Waals surface area contributed by atoms with Crippen LogP contribution in [-0.4, -0.2) is 109 Å². The summed E-state index contributed by atoms with van der Waals surface area (Å²) < 4.78 is 93.5. The van der Waals surface area contributed by atoms with Crippen LogP contribution in [0.4, 0.5) is 0 Å². The number of benzene rings is 4. The first-order chi connectivity index (χ1) is 37.5. The summed E-state index contributed by atoms with van der Waals surface area (Å²) in [5.41, 5.74) is 6.89. The summed E-state index contributed by atoms with van der Waals surface area (Å²) in [7, 11) is -8.83. The average molecular weight is 1130 g/mol. The summed E-state index contributed by atoms with van der Waals surface area (Å²) >= 11 is 6.05. The number of carbonyl (C=O) groups is 3. The third kappa shape index (κ3) is 15.7. The number of Topliss-reactive ketones (excluding diaryl/α,β-unsaturated/α-hetero) is 1. The highest BCUT2D eigenvalue weighted by Gasteiger charge is 2.31. The predicted molar refractivity (Wildman–Crippen MR) is 302 cm³/mol. The van der Waals surface area contributed by atoms with E-state index >= 15 is 0 Å². The van der Waals surface area contributed by atoms with Gasteiger partial charge < -0.3 is 29.0 Å². The zero-order valence-electron chi connectivity index (χ0n) is 44.9. The second-order valence-corrected chi connectivity index (χ2v) is 23.4. The van der Waals surface area contributed by atoms with Crippen LogP contribution in [0.25, 0.3) is 16.5 Å². The Morgan fingerprint density at radius 3 is 2.13 bits per heavy atom. The molecule has 7 rings (SSSR count). The topological polar surface area (TPSA) is 203 Å². The molecular weight excluding hydrogens is 1060 g/mol. The van der Waals surface area contributed by atoms with Crippen LogP contribution >= 0.6 is 11.6 Å². The number of nitrogens with zero attached hydrogens (tertiary/aromatic N) is 1. The number of ketones is 1. The molecule has 78 heavy (non-hydrogen) atoms. The number of rotatable bonds is 31. The largest absolute Gasteiger partial charge is 0.456 e. The van der Waals surface area contributed by atoms with Gasteiger partial charge in [-0.05, 0) is 130 Å². The average Bonchev–Trinajstić information content (AvgIpc) is 3.89. The van der Waals surface area contributed by atoms with E-state index in [0.29, 0.717) is 110 Å². The molecule has 1 aliphatic heterocycles. The fraction of sp³-hybridized carbons (Fsp3) is 0.417. The maximum atomic E-state index is 13.6. The Balaban J connectivity index is 0.722. The van der Waals surface area contributed by atoms with Gasteiger partial charge in [0.2, 0.25) is 5.91 Å². The van der Waals surface area contributed by atoms with E-state index in [0.717, 1.165) is 65.0 Å². The van der Waals surface area contributed by atoms with Crippen molar-refractivity contribution >= 4 is 65.6 Å². The molecule has 4 aromatic carbocycles. The van der Waals surface area contributed by atoms with E-state index in [1.807, 2.05) is 68.5 Å². The van der Waals surface area contributed by atoms with E-state index in [1.165, 1.54) is 12.1 Å². The molecule has 0 fully saturated rings. The zero-order valence-corrected chi connectivity index (χ0v) is 47.3.